The van der Waals surface area contributed by atoms with Gasteiger partial charge in [-0.05, 0) is 44.4 Å². The van der Waals surface area contributed by atoms with Gasteiger partial charge in [0.1, 0.15) is 0 Å². The Bertz CT molecular complexity index is 205. The van der Waals surface area contributed by atoms with Crippen molar-refractivity contribution in [2.45, 2.75) is 51.9 Å². The molecule has 0 amide bonds. The lowest BCUT2D eigenvalue weighted by Gasteiger charge is -2.36. The first-order chi connectivity index (χ1) is 7.14. The van der Waals surface area contributed by atoms with Crippen molar-refractivity contribution in [3.63, 3.8) is 0 Å². The van der Waals surface area contributed by atoms with Crippen molar-refractivity contribution < 1.29 is 15.0 Å². The number of aliphatic hydroxyl groups is 1. The number of rotatable bonds is 5. The van der Waals surface area contributed by atoms with Crippen molar-refractivity contribution in [3.05, 3.63) is 0 Å². The number of carboxylic acids is 1. The van der Waals surface area contributed by atoms with Crippen LogP contribution in [0, 0.1) is 11.3 Å². The number of carbonyl (C=O) groups is 1. The molecule has 0 aliphatic heterocycles. The molecule has 0 heterocycles. The fraction of sp³-hybridized carbons (Fsp3) is 0.917. The molecular formula is C12H22O3. The Morgan fingerprint density at radius 3 is 2.40 bits per heavy atom. The van der Waals surface area contributed by atoms with Crippen molar-refractivity contribution in [3.8, 4) is 0 Å². The highest BCUT2D eigenvalue weighted by Crippen LogP contribution is 2.43. The van der Waals surface area contributed by atoms with Crippen LogP contribution in [0.25, 0.3) is 0 Å². The van der Waals surface area contributed by atoms with E-state index in [4.69, 9.17) is 5.11 Å². The monoisotopic (exact) mass is 214 g/mol. The minimum Gasteiger partial charge on any atom is -0.481 e. The van der Waals surface area contributed by atoms with Gasteiger partial charge in [-0.15, -0.1) is 0 Å². The van der Waals surface area contributed by atoms with Gasteiger partial charge in [0.2, 0.25) is 0 Å². The van der Waals surface area contributed by atoms with Gasteiger partial charge in [-0.1, -0.05) is 13.3 Å². The summed E-state index contributed by atoms with van der Waals surface area (Å²) in [5.41, 5.74) is -0.533. The van der Waals surface area contributed by atoms with Crippen LogP contribution in [-0.4, -0.2) is 22.8 Å². The number of aliphatic carboxylic acids is 1. The molecule has 0 bridgehead atoms. The highest BCUT2D eigenvalue weighted by molar-refractivity contribution is 5.74. The molecule has 0 atom stereocenters. The Hall–Kier alpha value is -0.570. The van der Waals surface area contributed by atoms with Gasteiger partial charge in [0.25, 0.3) is 0 Å². The summed E-state index contributed by atoms with van der Waals surface area (Å²) in [5.74, 6) is 0.0529. The van der Waals surface area contributed by atoms with E-state index in [2.05, 4.69) is 6.92 Å². The predicted octanol–water partition coefficient (Wildman–Crippen LogP) is 2.43. The molecule has 1 rings (SSSR count). The fourth-order valence-electron chi connectivity index (χ4n) is 2.63. The minimum absolute atomic E-state index is 0.103. The van der Waals surface area contributed by atoms with E-state index in [-0.39, 0.29) is 6.61 Å². The van der Waals surface area contributed by atoms with Crippen LogP contribution in [0.2, 0.25) is 0 Å². The summed E-state index contributed by atoms with van der Waals surface area (Å²) in [6.45, 7) is 2.28. The van der Waals surface area contributed by atoms with E-state index in [1.54, 1.807) is 0 Å². The van der Waals surface area contributed by atoms with Crippen molar-refractivity contribution in [1.29, 1.82) is 0 Å². The van der Waals surface area contributed by atoms with E-state index in [0.29, 0.717) is 18.8 Å². The molecule has 0 spiro atoms. The molecule has 1 fully saturated rings. The summed E-state index contributed by atoms with van der Waals surface area (Å²) in [4.78, 5) is 11.3. The molecule has 0 aromatic carbocycles. The molecule has 1 aliphatic rings. The second-order valence-corrected chi connectivity index (χ2v) is 4.76. The van der Waals surface area contributed by atoms with Crippen molar-refractivity contribution in [2.75, 3.05) is 6.61 Å². The van der Waals surface area contributed by atoms with Crippen LogP contribution in [0.3, 0.4) is 0 Å². The molecule has 15 heavy (non-hydrogen) atoms. The van der Waals surface area contributed by atoms with Gasteiger partial charge < -0.3 is 10.2 Å². The van der Waals surface area contributed by atoms with E-state index in [1.807, 2.05) is 0 Å². The molecule has 0 radical (unpaired) electrons. The van der Waals surface area contributed by atoms with Gasteiger partial charge in [0, 0.05) is 6.61 Å². The molecule has 1 aliphatic carbocycles. The van der Waals surface area contributed by atoms with Gasteiger partial charge in [-0.25, -0.2) is 0 Å². The summed E-state index contributed by atoms with van der Waals surface area (Å²) in [7, 11) is 0. The highest BCUT2D eigenvalue weighted by Gasteiger charge is 2.40. The largest absolute Gasteiger partial charge is 0.481 e. The summed E-state index contributed by atoms with van der Waals surface area (Å²) >= 11 is 0. The second kappa shape index (κ2) is 5.50. The average molecular weight is 214 g/mol. The average Bonchev–Trinajstić information content (AvgIpc) is 2.27. The third-order valence-electron chi connectivity index (χ3n) is 3.91. The van der Waals surface area contributed by atoms with Crippen LogP contribution in [0.1, 0.15) is 51.9 Å². The van der Waals surface area contributed by atoms with Crippen LogP contribution in [-0.2, 0) is 4.79 Å². The number of hydrogen-bond acceptors (Lipinski definition) is 2. The molecule has 0 aromatic heterocycles. The first-order valence-electron chi connectivity index (χ1n) is 5.99. The Morgan fingerprint density at radius 1 is 1.40 bits per heavy atom. The normalized spacial score (nSPS) is 31.5. The van der Waals surface area contributed by atoms with Gasteiger partial charge in [-0.3, -0.25) is 4.79 Å². The molecule has 0 saturated heterocycles. The Labute approximate surface area is 91.5 Å². The second-order valence-electron chi connectivity index (χ2n) is 4.76. The smallest absolute Gasteiger partial charge is 0.309 e. The first-order valence-corrected chi connectivity index (χ1v) is 5.99. The van der Waals surface area contributed by atoms with Crippen LogP contribution in [0.15, 0.2) is 0 Å². The van der Waals surface area contributed by atoms with Crippen LogP contribution in [0.5, 0.6) is 0 Å². The molecule has 3 nitrogen and oxygen atoms in total. The highest BCUT2D eigenvalue weighted by atomic mass is 16.4. The van der Waals surface area contributed by atoms with Gasteiger partial charge in [0.15, 0.2) is 0 Å². The number of carboxylic acid groups (broad SMARTS) is 1. The third-order valence-corrected chi connectivity index (χ3v) is 3.91. The SMILES string of the molecule is CCC1CCC(CCCO)(C(=O)O)CC1. The minimum atomic E-state index is -0.662. The first kappa shape index (κ1) is 12.5. The van der Waals surface area contributed by atoms with Crippen LogP contribution < -0.4 is 0 Å². The maximum Gasteiger partial charge on any atom is 0.309 e. The summed E-state index contributed by atoms with van der Waals surface area (Å²) in [5, 5.41) is 18.1. The van der Waals surface area contributed by atoms with Crippen molar-refractivity contribution >= 4 is 5.97 Å². The summed E-state index contributed by atoms with van der Waals surface area (Å²) in [6.07, 6.45) is 6.07. The van der Waals surface area contributed by atoms with E-state index in [0.717, 1.165) is 32.1 Å². The third kappa shape index (κ3) is 2.94. The van der Waals surface area contributed by atoms with Crippen LogP contribution in [0.4, 0.5) is 0 Å². The fourth-order valence-corrected chi connectivity index (χ4v) is 2.63. The predicted molar refractivity (Wildman–Crippen MR) is 58.6 cm³/mol. The molecular weight excluding hydrogens is 192 g/mol. The molecule has 3 heteroatoms. The zero-order valence-electron chi connectivity index (χ0n) is 9.54. The van der Waals surface area contributed by atoms with E-state index >= 15 is 0 Å². The standard InChI is InChI=1S/C12H22O3/c1-2-10-4-7-12(8-5-10,11(14)15)6-3-9-13/h10,13H,2-9H2,1H3,(H,14,15). The van der Waals surface area contributed by atoms with Crippen LogP contribution >= 0.6 is 0 Å². The van der Waals surface area contributed by atoms with E-state index in [1.165, 1.54) is 0 Å². The van der Waals surface area contributed by atoms with Crippen molar-refractivity contribution in [2.24, 2.45) is 11.3 Å². The zero-order chi connectivity index (χ0) is 11.3. The molecule has 0 unspecified atom stereocenters. The van der Waals surface area contributed by atoms with Gasteiger partial charge >= 0.3 is 5.97 Å². The number of hydrogen-bond donors (Lipinski definition) is 2. The quantitative estimate of drug-likeness (QED) is 0.739. The van der Waals surface area contributed by atoms with Gasteiger partial charge in [0.05, 0.1) is 5.41 Å². The lowest BCUT2D eigenvalue weighted by molar-refractivity contribution is -0.152. The molecule has 0 aromatic rings. The maximum absolute atomic E-state index is 11.3. The van der Waals surface area contributed by atoms with E-state index < -0.39 is 11.4 Å². The topological polar surface area (TPSA) is 57.5 Å². The lowest BCUT2D eigenvalue weighted by atomic mass is 9.67. The Balaban J connectivity index is 2.56. The zero-order valence-corrected chi connectivity index (χ0v) is 9.54. The molecule has 88 valence electrons. The van der Waals surface area contributed by atoms with Gasteiger partial charge in [-0.2, -0.15) is 0 Å². The number of aliphatic hydroxyl groups excluding tert-OH is 1. The summed E-state index contributed by atoms with van der Waals surface area (Å²) in [6, 6.07) is 0. The Kier molecular flexibility index (Phi) is 4.58. The molecule has 1 saturated carbocycles. The Morgan fingerprint density at radius 2 is 2.00 bits per heavy atom. The molecule has 2 N–H and O–H groups in total. The van der Waals surface area contributed by atoms with Crippen molar-refractivity contribution in [1.82, 2.24) is 0 Å². The van der Waals surface area contributed by atoms with E-state index in [9.17, 15) is 9.90 Å². The lowest BCUT2D eigenvalue weighted by Crippen LogP contribution is -2.35. The maximum atomic E-state index is 11.3. The summed E-state index contributed by atoms with van der Waals surface area (Å²) < 4.78 is 0.